The van der Waals surface area contributed by atoms with Gasteiger partial charge in [0.25, 0.3) is 0 Å². The maximum absolute atomic E-state index is 11.8. The first-order valence-corrected chi connectivity index (χ1v) is 6.27. The van der Waals surface area contributed by atoms with Crippen LogP contribution in [-0.4, -0.2) is 47.8 Å². The molecule has 2 aliphatic rings. The number of carbonyl (C=O) groups excluding carboxylic acids is 1. The van der Waals surface area contributed by atoms with Crippen LogP contribution in [0.1, 0.15) is 12.1 Å². The van der Waals surface area contributed by atoms with Gasteiger partial charge in [-0.25, -0.2) is 4.79 Å². The van der Waals surface area contributed by atoms with Crippen molar-refractivity contribution < 1.29 is 9.53 Å². The van der Waals surface area contributed by atoms with Crippen LogP contribution in [0.3, 0.4) is 0 Å². The predicted molar refractivity (Wildman–Crippen MR) is 80.7 cm³/mol. The van der Waals surface area contributed by atoms with E-state index in [1.807, 2.05) is 25.2 Å². The lowest BCUT2D eigenvalue weighted by atomic mass is 9.82. The van der Waals surface area contributed by atoms with Gasteiger partial charge < -0.3 is 15.0 Å². The van der Waals surface area contributed by atoms with Crippen LogP contribution in [0, 0.1) is 0 Å². The molecule has 1 N–H and O–H groups in total. The molecule has 1 aromatic rings. The maximum Gasteiger partial charge on any atom is 0.410 e. The number of pyridine rings is 1. The number of piperidine rings is 1. The van der Waals surface area contributed by atoms with Crippen molar-refractivity contribution in [3.63, 3.8) is 0 Å². The lowest BCUT2D eigenvalue weighted by Gasteiger charge is -2.40. The second-order valence-corrected chi connectivity index (χ2v) is 5.00. The number of hydrogen-bond donors (Lipinski definition) is 1. The SMILES string of the molecule is CN1C(=O)OC2CCNCC21Cc1ccccn1.Cl.Cl. The van der Waals surface area contributed by atoms with Gasteiger partial charge >= 0.3 is 6.09 Å². The van der Waals surface area contributed by atoms with Gasteiger partial charge in [0.2, 0.25) is 0 Å². The Labute approximate surface area is 130 Å². The second-order valence-electron chi connectivity index (χ2n) is 5.00. The normalized spacial score (nSPS) is 27.9. The molecular formula is C13H19Cl2N3O2. The van der Waals surface area contributed by atoms with Gasteiger partial charge in [0.05, 0.1) is 0 Å². The van der Waals surface area contributed by atoms with Crippen molar-refractivity contribution in [3.05, 3.63) is 30.1 Å². The zero-order chi connectivity index (χ0) is 12.6. The first-order chi connectivity index (χ1) is 8.72. The number of ether oxygens (including phenoxy) is 1. The van der Waals surface area contributed by atoms with Gasteiger partial charge in [0.15, 0.2) is 0 Å². The second kappa shape index (κ2) is 6.61. The van der Waals surface area contributed by atoms with E-state index in [0.29, 0.717) is 0 Å². The fourth-order valence-corrected chi connectivity index (χ4v) is 2.92. The molecule has 20 heavy (non-hydrogen) atoms. The van der Waals surface area contributed by atoms with Gasteiger partial charge in [-0.15, -0.1) is 24.8 Å². The third kappa shape index (κ3) is 2.71. The highest BCUT2D eigenvalue weighted by Gasteiger charge is 2.54. The molecule has 0 bridgehead atoms. The molecule has 2 saturated heterocycles. The van der Waals surface area contributed by atoms with Crippen molar-refractivity contribution >= 4 is 30.9 Å². The van der Waals surface area contributed by atoms with Crippen molar-refractivity contribution in [3.8, 4) is 0 Å². The first kappa shape index (κ1) is 17.0. The molecule has 3 rings (SSSR count). The van der Waals surface area contributed by atoms with E-state index in [4.69, 9.17) is 4.74 Å². The summed E-state index contributed by atoms with van der Waals surface area (Å²) in [6.45, 7) is 1.66. The Morgan fingerprint density at radius 1 is 1.50 bits per heavy atom. The molecule has 2 aliphatic heterocycles. The standard InChI is InChI=1S/C13H17N3O2.2ClH/c1-16-12(17)18-11-5-7-14-9-13(11,16)8-10-4-2-3-6-15-10;;/h2-4,6,11,14H,5,7-9H2,1H3;2*1H. The van der Waals surface area contributed by atoms with Crippen LogP contribution in [0.2, 0.25) is 0 Å². The van der Waals surface area contributed by atoms with E-state index < -0.39 is 0 Å². The summed E-state index contributed by atoms with van der Waals surface area (Å²) in [4.78, 5) is 17.9. The average molecular weight is 320 g/mol. The Hall–Kier alpha value is -1.04. The van der Waals surface area contributed by atoms with E-state index in [1.165, 1.54) is 0 Å². The fourth-order valence-electron chi connectivity index (χ4n) is 2.92. The summed E-state index contributed by atoms with van der Waals surface area (Å²) in [6, 6.07) is 5.87. The minimum absolute atomic E-state index is 0. The molecule has 0 aliphatic carbocycles. The number of likely N-dealkylation sites (N-methyl/N-ethyl adjacent to an activating group) is 1. The molecule has 0 saturated carbocycles. The van der Waals surface area contributed by atoms with Gasteiger partial charge in [-0.2, -0.15) is 0 Å². The monoisotopic (exact) mass is 319 g/mol. The number of hydrogen-bond acceptors (Lipinski definition) is 4. The number of nitrogens with zero attached hydrogens (tertiary/aromatic N) is 2. The lowest BCUT2D eigenvalue weighted by Crippen LogP contribution is -2.61. The Kier molecular flexibility index (Phi) is 5.62. The van der Waals surface area contributed by atoms with Crippen LogP contribution >= 0.6 is 24.8 Å². The summed E-state index contributed by atoms with van der Waals surface area (Å²) in [5.41, 5.74) is 0.709. The van der Waals surface area contributed by atoms with Crippen LogP contribution in [0.15, 0.2) is 24.4 Å². The van der Waals surface area contributed by atoms with Gasteiger partial charge in [0, 0.05) is 31.9 Å². The van der Waals surface area contributed by atoms with E-state index in [9.17, 15) is 4.79 Å². The highest BCUT2D eigenvalue weighted by atomic mass is 35.5. The summed E-state index contributed by atoms with van der Waals surface area (Å²) in [7, 11) is 1.82. The third-order valence-electron chi connectivity index (χ3n) is 4.01. The molecule has 2 atom stereocenters. The molecule has 7 heteroatoms. The first-order valence-electron chi connectivity index (χ1n) is 6.27. The number of aromatic nitrogens is 1. The number of rotatable bonds is 2. The smallest absolute Gasteiger partial charge is 0.410 e. The molecule has 0 spiro atoms. The van der Waals surface area contributed by atoms with Crippen LogP contribution in [0.25, 0.3) is 0 Å². The van der Waals surface area contributed by atoms with E-state index in [-0.39, 0.29) is 42.6 Å². The van der Waals surface area contributed by atoms with Crippen LogP contribution < -0.4 is 5.32 Å². The summed E-state index contributed by atoms with van der Waals surface area (Å²) < 4.78 is 5.47. The van der Waals surface area contributed by atoms with E-state index in [0.717, 1.165) is 31.6 Å². The van der Waals surface area contributed by atoms with Gasteiger partial charge in [-0.05, 0) is 25.1 Å². The summed E-state index contributed by atoms with van der Waals surface area (Å²) in [5, 5.41) is 3.37. The van der Waals surface area contributed by atoms with Crippen molar-refractivity contribution in [1.82, 2.24) is 15.2 Å². The van der Waals surface area contributed by atoms with Crippen LogP contribution in [0.4, 0.5) is 4.79 Å². The summed E-state index contributed by atoms with van der Waals surface area (Å²) in [5.74, 6) is 0. The quantitative estimate of drug-likeness (QED) is 0.900. The Morgan fingerprint density at radius 3 is 3.00 bits per heavy atom. The lowest BCUT2D eigenvalue weighted by molar-refractivity contribution is 0.0702. The highest BCUT2D eigenvalue weighted by molar-refractivity contribution is 5.85. The predicted octanol–water partition coefficient (Wildman–Crippen LogP) is 1.65. The number of halogens is 2. The fraction of sp³-hybridized carbons (Fsp3) is 0.538. The molecular weight excluding hydrogens is 301 g/mol. The topological polar surface area (TPSA) is 54.5 Å². The van der Waals surface area contributed by atoms with Crippen molar-refractivity contribution in [2.24, 2.45) is 0 Å². The van der Waals surface area contributed by atoms with E-state index >= 15 is 0 Å². The minimum Gasteiger partial charge on any atom is -0.443 e. The summed E-state index contributed by atoms with van der Waals surface area (Å²) >= 11 is 0. The number of fused-ring (bicyclic) bond motifs is 1. The number of amides is 1. The molecule has 5 nitrogen and oxygen atoms in total. The highest BCUT2D eigenvalue weighted by Crippen LogP contribution is 2.35. The van der Waals surface area contributed by atoms with Crippen molar-refractivity contribution in [1.29, 1.82) is 0 Å². The number of carbonyl (C=O) groups is 1. The van der Waals surface area contributed by atoms with E-state index in [2.05, 4.69) is 10.3 Å². The maximum atomic E-state index is 11.8. The molecule has 2 unspecified atom stereocenters. The Morgan fingerprint density at radius 2 is 2.30 bits per heavy atom. The van der Waals surface area contributed by atoms with Crippen LogP contribution in [-0.2, 0) is 11.2 Å². The minimum atomic E-state index is -0.288. The zero-order valence-electron chi connectivity index (χ0n) is 11.2. The van der Waals surface area contributed by atoms with Gasteiger partial charge in [0.1, 0.15) is 11.6 Å². The van der Waals surface area contributed by atoms with Crippen molar-refractivity contribution in [2.45, 2.75) is 24.5 Å². The molecule has 1 aromatic heterocycles. The number of nitrogens with one attached hydrogen (secondary N) is 1. The largest absolute Gasteiger partial charge is 0.443 e. The molecule has 112 valence electrons. The van der Waals surface area contributed by atoms with Gasteiger partial charge in [-0.1, -0.05) is 6.07 Å². The van der Waals surface area contributed by atoms with Gasteiger partial charge in [-0.3, -0.25) is 4.98 Å². The molecule has 0 radical (unpaired) electrons. The molecule has 0 aromatic carbocycles. The molecule has 1 amide bonds. The Balaban J connectivity index is 0.000001000. The third-order valence-corrected chi connectivity index (χ3v) is 4.01. The molecule has 2 fully saturated rings. The Bertz CT molecular complexity index is 460. The molecule has 3 heterocycles. The zero-order valence-corrected chi connectivity index (χ0v) is 12.9. The summed E-state index contributed by atoms with van der Waals surface area (Å²) in [6.07, 6.45) is 3.13. The van der Waals surface area contributed by atoms with Crippen LogP contribution in [0.5, 0.6) is 0 Å². The van der Waals surface area contributed by atoms with E-state index in [1.54, 1.807) is 11.1 Å². The van der Waals surface area contributed by atoms with Crippen molar-refractivity contribution in [2.75, 3.05) is 20.1 Å². The average Bonchev–Trinajstić information content (AvgIpc) is 2.64.